The van der Waals surface area contributed by atoms with Gasteiger partial charge in [-0.15, -0.1) is 0 Å². The second kappa shape index (κ2) is 6.75. The Balaban J connectivity index is 2.42. The highest BCUT2D eigenvalue weighted by Gasteiger charge is 2.20. The Kier molecular flexibility index (Phi) is 4.99. The van der Waals surface area contributed by atoms with E-state index in [1.54, 1.807) is 7.11 Å². The zero-order chi connectivity index (χ0) is 16.2. The molecular weight excluding hydrogens is 276 g/mol. The van der Waals surface area contributed by atoms with Crippen LogP contribution in [0.1, 0.15) is 26.3 Å². The summed E-state index contributed by atoms with van der Waals surface area (Å²) in [4.78, 5) is 12.3. The molecule has 0 radical (unpaired) electrons. The monoisotopic (exact) mass is 298 g/mol. The fourth-order valence-corrected chi connectivity index (χ4v) is 2.22. The number of rotatable bonds is 4. The van der Waals surface area contributed by atoms with Crippen LogP contribution in [-0.4, -0.2) is 25.3 Å². The average molecular weight is 298 g/mol. The number of hydrogen-bond acceptors (Lipinski definition) is 3. The number of esters is 1. The first-order valence-electron chi connectivity index (χ1n) is 7.31. The lowest BCUT2D eigenvalue weighted by atomic mass is 10.0. The van der Waals surface area contributed by atoms with Crippen molar-refractivity contribution in [1.82, 2.24) is 0 Å². The number of carbonyl (C=O) groups excluding carboxylic acids is 1. The standard InChI is InChI=1S/C19H22O3/c1-19(2,3)22-18(20)16(13-21-4)12-15-10-7-9-14-8-5-6-11-17(14)15/h5-12H,13H2,1-4H3. The van der Waals surface area contributed by atoms with Gasteiger partial charge in [0.1, 0.15) is 5.60 Å². The smallest absolute Gasteiger partial charge is 0.336 e. The molecule has 0 amide bonds. The number of methoxy groups -OCH3 is 1. The molecule has 116 valence electrons. The van der Waals surface area contributed by atoms with Gasteiger partial charge in [-0.2, -0.15) is 0 Å². The highest BCUT2D eigenvalue weighted by Crippen LogP contribution is 2.22. The Morgan fingerprint density at radius 2 is 1.77 bits per heavy atom. The number of ether oxygens (including phenoxy) is 2. The van der Waals surface area contributed by atoms with Crippen molar-refractivity contribution in [3.63, 3.8) is 0 Å². The van der Waals surface area contributed by atoms with E-state index >= 15 is 0 Å². The van der Waals surface area contributed by atoms with Crippen molar-refractivity contribution in [2.75, 3.05) is 13.7 Å². The molecule has 0 aliphatic rings. The summed E-state index contributed by atoms with van der Waals surface area (Å²) in [6, 6.07) is 14.1. The quantitative estimate of drug-likeness (QED) is 0.626. The van der Waals surface area contributed by atoms with Crippen LogP contribution in [0.5, 0.6) is 0 Å². The van der Waals surface area contributed by atoms with Gasteiger partial charge in [-0.05, 0) is 43.2 Å². The fourth-order valence-electron chi connectivity index (χ4n) is 2.22. The minimum Gasteiger partial charge on any atom is -0.457 e. The van der Waals surface area contributed by atoms with Crippen molar-refractivity contribution >= 4 is 22.8 Å². The van der Waals surface area contributed by atoms with Crippen molar-refractivity contribution in [3.8, 4) is 0 Å². The lowest BCUT2D eigenvalue weighted by Crippen LogP contribution is -2.26. The summed E-state index contributed by atoms with van der Waals surface area (Å²) in [5, 5.41) is 2.24. The predicted molar refractivity (Wildman–Crippen MR) is 89.6 cm³/mol. The molecule has 0 atom stereocenters. The van der Waals surface area contributed by atoms with Gasteiger partial charge in [0.05, 0.1) is 12.2 Å². The number of fused-ring (bicyclic) bond motifs is 1. The summed E-state index contributed by atoms with van der Waals surface area (Å²) < 4.78 is 10.6. The lowest BCUT2D eigenvalue weighted by Gasteiger charge is -2.20. The first kappa shape index (κ1) is 16.2. The fraction of sp³-hybridized carbons (Fsp3) is 0.316. The van der Waals surface area contributed by atoms with Crippen molar-refractivity contribution < 1.29 is 14.3 Å². The minimum absolute atomic E-state index is 0.220. The maximum Gasteiger partial charge on any atom is 0.336 e. The Morgan fingerprint density at radius 1 is 1.09 bits per heavy atom. The van der Waals surface area contributed by atoms with E-state index in [0.29, 0.717) is 5.57 Å². The molecule has 2 aromatic carbocycles. The van der Waals surface area contributed by atoms with E-state index in [2.05, 4.69) is 12.1 Å². The summed E-state index contributed by atoms with van der Waals surface area (Å²) in [6.07, 6.45) is 1.85. The van der Waals surface area contributed by atoms with Crippen molar-refractivity contribution in [2.24, 2.45) is 0 Å². The maximum absolute atomic E-state index is 12.3. The van der Waals surface area contributed by atoms with Crippen LogP contribution in [0.25, 0.3) is 16.8 Å². The highest BCUT2D eigenvalue weighted by atomic mass is 16.6. The second-order valence-corrected chi connectivity index (χ2v) is 6.17. The molecule has 0 spiro atoms. The van der Waals surface area contributed by atoms with E-state index in [1.807, 2.05) is 57.2 Å². The molecule has 0 fully saturated rings. The van der Waals surface area contributed by atoms with Gasteiger partial charge in [-0.25, -0.2) is 4.79 Å². The first-order valence-corrected chi connectivity index (χ1v) is 7.31. The summed E-state index contributed by atoms with van der Waals surface area (Å²) >= 11 is 0. The summed E-state index contributed by atoms with van der Waals surface area (Å²) in [5.74, 6) is -0.345. The van der Waals surface area contributed by atoms with Gasteiger partial charge in [-0.1, -0.05) is 42.5 Å². The van der Waals surface area contributed by atoms with Crippen LogP contribution >= 0.6 is 0 Å². The second-order valence-electron chi connectivity index (χ2n) is 6.17. The topological polar surface area (TPSA) is 35.5 Å². The highest BCUT2D eigenvalue weighted by molar-refractivity contribution is 5.98. The summed E-state index contributed by atoms with van der Waals surface area (Å²) in [7, 11) is 1.57. The molecule has 3 heteroatoms. The van der Waals surface area contributed by atoms with E-state index in [9.17, 15) is 4.79 Å². The van der Waals surface area contributed by atoms with Crippen LogP contribution < -0.4 is 0 Å². The molecule has 2 aromatic rings. The number of carbonyl (C=O) groups is 1. The van der Waals surface area contributed by atoms with Gasteiger partial charge < -0.3 is 9.47 Å². The zero-order valence-electron chi connectivity index (χ0n) is 13.6. The van der Waals surface area contributed by atoms with E-state index in [1.165, 1.54) is 0 Å². The normalized spacial score (nSPS) is 12.5. The van der Waals surface area contributed by atoms with Crippen LogP contribution in [0, 0.1) is 0 Å². The van der Waals surface area contributed by atoms with Crippen LogP contribution in [0.15, 0.2) is 48.0 Å². The Morgan fingerprint density at radius 3 is 2.45 bits per heavy atom. The van der Waals surface area contributed by atoms with E-state index in [0.717, 1.165) is 16.3 Å². The molecule has 0 bridgehead atoms. The van der Waals surface area contributed by atoms with Gasteiger partial charge in [0.2, 0.25) is 0 Å². The van der Waals surface area contributed by atoms with Crippen molar-refractivity contribution in [1.29, 1.82) is 0 Å². The van der Waals surface area contributed by atoms with E-state index in [-0.39, 0.29) is 12.6 Å². The Labute approximate surface area is 131 Å². The average Bonchev–Trinajstić information content (AvgIpc) is 2.45. The molecule has 3 nitrogen and oxygen atoms in total. The third-order valence-electron chi connectivity index (χ3n) is 3.11. The van der Waals surface area contributed by atoms with Crippen molar-refractivity contribution in [2.45, 2.75) is 26.4 Å². The number of benzene rings is 2. The molecule has 2 rings (SSSR count). The molecular formula is C19H22O3. The Bertz CT molecular complexity index is 688. The van der Waals surface area contributed by atoms with Crippen LogP contribution in [0.2, 0.25) is 0 Å². The molecule has 0 aliphatic carbocycles. The molecule has 0 unspecified atom stereocenters. The lowest BCUT2D eigenvalue weighted by molar-refractivity contribution is -0.150. The van der Waals surface area contributed by atoms with Crippen LogP contribution in [0.4, 0.5) is 0 Å². The molecule has 0 saturated carbocycles. The molecule has 0 N–H and O–H groups in total. The van der Waals surface area contributed by atoms with Gasteiger partial charge in [0.25, 0.3) is 0 Å². The Hall–Kier alpha value is -2.13. The zero-order valence-corrected chi connectivity index (χ0v) is 13.6. The first-order chi connectivity index (χ1) is 10.4. The number of hydrogen-bond donors (Lipinski definition) is 0. The van der Waals surface area contributed by atoms with Crippen LogP contribution in [-0.2, 0) is 14.3 Å². The van der Waals surface area contributed by atoms with Gasteiger partial charge in [0, 0.05) is 7.11 Å². The van der Waals surface area contributed by atoms with E-state index < -0.39 is 5.60 Å². The van der Waals surface area contributed by atoms with E-state index in [4.69, 9.17) is 9.47 Å². The SMILES string of the molecule is COCC(=Cc1cccc2ccccc12)C(=O)OC(C)(C)C. The minimum atomic E-state index is -0.525. The predicted octanol–water partition coefficient (Wildman–Crippen LogP) is 4.21. The van der Waals surface area contributed by atoms with Crippen LogP contribution in [0.3, 0.4) is 0 Å². The van der Waals surface area contributed by atoms with Gasteiger partial charge in [-0.3, -0.25) is 0 Å². The molecule has 0 heterocycles. The molecule has 0 aliphatic heterocycles. The van der Waals surface area contributed by atoms with Crippen molar-refractivity contribution in [3.05, 3.63) is 53.6 Å². The van der Waals surface area contributed by atoms with Gasteiger partial charge in [0.15, 0.2) is 0 Å². The largest absolute Gasteiger partial charge is 0.457 e. The molecule has 0 aromatic heterocycles. The third-order valence-corrected chi connectivity index (χ3v) is 3.11. The summed E-state index contributed by atoms with van der Waals surface area (Å²) in [6.45, 7) is 5.78. The maximum atomic E-state index is 12.3. The summed E-state index contributed by atoms with van der Waals surface area (Å²) in [5.41, 5.74) is 0.965. The third kappa shape index (κ3) is 4.18. The van der Waals surface area contributed by atoms with Gasteiger partial charge >= 0.3 is 5.97 Å². The molecule has 22 heavy (non-hydrogen) atoms. The molecule has 0 saturated heterocycles.